The predicted octanol–water partition coefficient (Wildman–Crippen LogP) is 6.06. The summed E-state index contributed by atoms with van der Waals surface area (Å²) in [4.78, 5) is 17.4. The number of alkyl halides is 2. The highest BCUT2D eigenvalue weighted by Crippen LogP contribution is 2.54. The molecule has 35 heavy (non-hydrogen) atoms. The number of nitrogens with zero attached hydrogens (tertiary/aromatic N) is 4. The first-order valence-corrected chi connectivity index (χ1v) is 11.0. The van der Waals surface area contributed by atoms with Gasteiger partial charge in [-0.15, -0.1) is 0 Å². The Morgan fingerprint density at radius 1 is 1.11 bits per heavy atom. The number of fused-ring (bicyclic) bond motifs is 5. The SMILES string of the molecule is O=C(Nc1cc(Cl)c(-c2ccc3nonc3c2)cc1F)N1C2CCC1C(F)(F)c1c2ccnc1F. The minimum absolute atomic E-state index is 0.00186. The molecule has 2 unspecified atom stereocenters. The van der Waals surface area contributed by atoms with E-state index in [1.54, 1.807) is 18.2 Å². The lowest BCUT2D eigenvalue weighted by Gasteiger charge is -2.40. The first-order valence-electron chi connectivity index (χ1n) is 10.6. The highest BCUT2D eigenvalue weighted by Gasteiger charge is 2.59. The van der Waals surface area contributed by atoms with Crippen LogP contribution in [0.15, 0.2) is 47.2 Å². The number of halogens is 5. The minimum atomic E-state index is -3.65. The average molecular weight is 504 g/mol. The summed E-state index contributed by atoms with van der Waals surface area (Å²) in [6, 6.07) is 5.22. The molecule has 4 heterocycles. The lowest BCUT2D eigenvalue weighted by Crippen LogP contribution is -2.52. The van der Waals surface area contributed by atoms with Crippen molar-refractivity contribution in [2.24, 2.45) is 0 Å². The van der Waals surface area contributed by atoms with Crippen LogP contribution in [0.2, 0.25) is 5.02 Å². The molecule has 12 heteroatoms. The number of hydrogen-bond donors (Lipinski definition) is 1. The van der Waals surface area contributed by atoms with E-state index in [9.17, 15) is 9.18 Å². The van der Waals surface area contributed by atoms with Crippen LogP contribution in [-0.2, 0) is 5.92 Å². The summed E-state index contributed by atoms with van der Waals surface area (Å²) >= 11 is 6.37. The smallest absolute Gasteiger partial charge is 0.308 e. The van der Waals surface area contributed by atoms with Gasteiger partial charge in [0, 0.05) is 11.8 Å². The maximum atomic E-state index is 15.2. The number of aromatic nitrogens is 3. The van der Waals surface area contributed by atoms with Crippen LogP contribution in [0.1, 0.15) is 30.0 Å². The van der Waals surface area contributed by atoms with E-state index in [-0.39, 0.29) is 29.1 Å². The molecule has 1 fully saturated rings. The highest BCUT2D eigenvalue weighted by molar-refractivity contribution is 6.33. The van der Waals surface area contributed by atoms with Gasteiger partial charge < -0.3 is 10.2 Å². The molecule has 0 saturated carbocycles. The summed E-state index contributed by atoms with van der Waals surface area (Å²) in [5.41, 5.74) is 0.767. The van der Waals surface area contributed by atoms with Gasteiger partial charge in [0.25, 0.3) is 5.92 Å². The van der Waals surface area contributed by atoms with E-state index in [4.69, 9.17) is 11.6 Å². The van der Waals surface area contributed by atoms with Gasteiger partial charge in [-0.2, -0.15) is 13.2 Å². The Kier molecular flexibility index (Phi) is 4.75. The standard InChI is InChI=1S/C23H14ClF4N5O2/c24-13-9-16(14(25)8-12(13)10-1-2-15-17(7-10)32-35-31-15)30-22(34)33-18-3-4-19(33)23(27,28)20-11(18)5-6-29-21(20)26/h1-2,5-9,18-19H,3-4H2,(H,30,34). The molecule has 2 amide bonds. The zero-order chi connectivity index (χ0) is 24.5. The molecule has 2 atom stereocenters. The summed E-state index contributed by atoms with van der Waals surface area (Å²) < 4.78 is 64.2. The van der Waals surface area contributed by atoms with Gasteiger partial charge >= 0.3 is 6.03 Å². The second-order valence-electron chi connectivity index (χ2n) is 8.41. The molecule has 2 bridgehead atoms. The van der Waals surface area contributed by atoms with Crippen molar-refractivity contribution in [2.75, 3.05) is 5.32 Å². The van der Waals surface area contributed by atoms with E-state index >= 15 is 13.2 Å². The van der Waals surface area contributed by atoms with Crippen molar-refractivity contribution in [2.45, 2.75) is 30.8 Å². The van der Waals surface area contributed by atoms with Gasteiger partial charge in [0.2, 0.25) is 5.95 Å². The van der Waals surface area contributed by atoms with Crippen molar-refractivity contribution in [3.63, 3.8) is 0 Å². The molecule has 1 saturated heterocycles. The summed E-state index contributed by atoms with van der Waals surface area (Å²) in [6.45, 7) is 0. The largest absolute Gasteiger partial charge is 0.322 e. The van der Waals surface area contributed by atoms with E-state index in [0.717, 1.165) is 17.2 Å². The Morgan fingerprint density at radius 2 is 1.91 bits per heavy atom. The molecule has 0 aliphatic carbocycles. The number of rotatable bonds is 2. The van der Waals surface area contributed by atoms with E-state index in [0.29, 0.717) is 22.2 Å². The lowest BCUT2D eigenvalue weighted by molar-refractivity contribution is -0.0827. The maximum absolute atomic E-state index is 15.2. The first kappa shape index (κ1) is 21.8. The maximum Gasteiger partial charge on any atom is 0.322 e. The summed E-state index contributed by atoms with van der Waals surface area (Å²) in [5.74, 6) is -5.72. The molecule has 2 aromatic carbocycles. The monoisotopic (exact) mass is 503 g/mol. The van der Waals surface area contributed by atoms with Gasteiger partial charge in [0.15, 0.2) is 0 Å². The molecule has 1 N–H and O–H groups in total. The van der Waals surface area contributed by atoms with Crippen LogP contribution in [0.25, 0.3) is 22.2 Å². The second-order valence-corrected chi connectivity index (χ2v) is 8.82. The lowest BCUT2D eigenvalue weighted by atomic mass is 9.91. The minimum Gasteiger partial charge on any atom is -0.308 e. The van der Waals surface area contributed by atoms with Crippen molar-refractivity contribution in [3.8, 4) is 11.1 Å². The second kappa shape index (κ2) is 7.64. The number of pyridine rings is 1. The fourth-order valence-corrected chi connectivity index (χ4v) is 5.25. The number of benzene rings is 2. The number of nitrogens with one attached hydrogen (secondary N) is 1. The summed E-state index contributed by atoms with van der Waals surface area (Å²) in [7, 11) is 0. The van der Waals surface area contributed by atoms with Crippen LogP contribution in [0.3, 0.4) is 0 Å². The number of urea groups is 1. The van der Waals surface area contributed by atoms with Gasteiger partial charge in [-0.25, -0.2) is 18.8 Å². The van der Waals surface area contributed by atoms with Gasteiger partial charge in [0.1, 0.15) is 22.9 Å². The fraction of sp³-hybridized carbons (Fsp3) is 0.217. The summed E-state index contributed by atoms with van der Waals surface area (Å²) in [6.07, 6.45) is 1.26. The number of amides is 2. The zero-order valence-electron chi connectivity index (χ0n) is 17.6. The molecule has 0 spiro atoms. The van der Waals surface area contributed by atoms with E-state index < -0.39 is 41.4 Å². The molecule has 0 radical (unpaired) electrons. The molecule has 2 aromatic heterocycles. The van der Waals surface area contributed by atoms with Crippen LogP contribution >= 0.6 is 11.6 Å². The summed E-state index contributed by atoms with van der Waals surface area (Å²) in [5, 5.41) is 9.92. The van der Waals surface area contributed by atoms with Crippen LogP contribution in [0, 0.1) is 11.8 Å². The Morgan fingerprint density at radius 3 is 2.74 bits per heavy atom. The Bertz CT molecular complexity index is 1510. The highest BCUT2D eigenvalue weighted by atomic mass is 35.5. The zero-order valence-corrected chi connectivity index (χ0v) is 18.4. The molecule has 7 nitrogen and oxygen atoms in total. The number of carbonyl (C=O) groups excluding carboxylic acids is 1. The molecule has 178 valence electrons. The van der Waals surface area contributed by atoms with E-state index in [1.165, 1.54) is 12.1 Å². The van der Waals surface area contributed by atoms with Crippen molar-refractivity contribution in [1.82, 2.24) is 20.2 Å². The molecular weight excluding hydrogens is 490 g/mol. The molecule has 6 rings (SSSR count). The average Bonchev–Trinajstić information content (AvgIpc) is 3.45. The van der Waals surface area contributed by atoms with Crippen molar-refractivity contribution in [3.05, 3.63) is 70.5 Å². The van der Waals surface area contributed by atoms with Gasteiger partial charge in [-0.05, 0) is 64.6 Å². The Labute approximate surface area is 199 Å². The van der Waals surface area contributed by atoms with E-state index in [1.807, 2.05) is 0 Å². The van der Waals surface area contributed by atoms with Crippen molar-refractivity contribution < 1.29 is 27.0 Å². The molecule has 2 aliphatic heterocycles. The van der Waals surface area contributed by atoms with Crippen LogP contribution in [-0.4, -0.2) is 32.3 Å². The number of anilines is 1. The molecule has 4 aromatic rings. The van der Waals surface area contributed by atoms with Gasteiger partial charge in [-0.3, -0.25) is 0 Å². The van der Waals surface area contributed by atoms with Gasteiger partial charge in [-0.1, -0.05) is 17.7 Å². The molecule has 2 aliphatic rings. The normalized spacial score (nSPS) is 20.2. The van der Waals surface area contributed by atoms with Crippen molar-refractivity contribution in [1.29, 1.82) is 0 Å². The third kappa shape index (κ3) is 3.25. The number of hydrogen-bond acceptors (Lipinski definition) is 5. The Hall–Kier alpha value is -3.73. The topological polar surface area (TPSA) is 84.2 Å². The van der Waals surface area contributed by atoms with E-state index in [2.05, 4.69) is 25.2 Å². The van der Waals surface area contributed by atoms with Gasteiger partial charge in [0.05, 0.1) is 22.3 Å². The van der Waals surface area contributed by atoms with Crippen LogP contribution in [0.4, 0.5) is 28.0 Å². The van der Waals surface area contributed by atoms with Crippen molar-refractivity contribution >= 4 is 34.4 Å². The molecular formula is C23H14ClF4N5O2. The Balaban J connectivity index is 1.32. The third-order valence-corrected chi connectivity index (χ3v) is 6.84. The quantitative estimate of drug-likeness (QED) is 0.265. The van der Waals surface area contributed by atoms with Crippen LogP contribution < -0.4 is 5.32 Å². The van der Waals surface area contributed by atoms with Crippen LogP contribution in [0.5, 0.6) is 0 Å². The number of carbonyl (C=O) groups is 1. The predicted molar refractivity (Wildman–Crippen MR) is 117 cm³/mol. The first-order chi connectivity index (χ1) is 16.8. The third-order valence-electron chi connectivity index (χ3n) is 6.53. The fourth-order valence-electron chi connectivity index (χ4n) is 4.97.